The van der Waals surface area contributed by atoms with E-state index in [0.717, 1.165) is 12.0 Å². The van der Waals surface area contributed by atoms with Gasteiger partial charge in [0.15, 0.2) is 0 Å². The smallest absolute Gasteiger partial charge is 0.307 e. The van der Waals surface area contributed by atoms with E-state index in [4.69, 9.17) is 26.2 Å². The zero-order chi connectivity index (χ0) is 19.2. The van der Waals surface area contributed by atoms with E-state index < -0.39 is 0 Å². The molecule has 1 aromatic rings. The van der Waals surface area contributed by atoms with Crippen LogP contribution < -0.4 is 0 Å². The van der Waals surface area contributed by atoms with E-state index in [0.29, 0.717) is 44.2 Å². The number of carbonyl (C=O) groups excluding carboxylic acids is 2. The lowest BCUT2D eigenvalue weighted by atomic mass is 10.1. The first kappa shape index (κ1) is 22.4. The Morgan fingerprint density at radius 2 is 1.85 bits per heavy atom. The minimum atomic E-state index is -0.317. The lowest BCUT2D eigenvalue weighted by molar-refractivity contribution is -0.144. The number of nitrogens with zero attached hydrogens (tertiary/aromatic N) is 1. The number of esters is 1. The molecule has 0 fully saturated rings. The summed E-state index contributed by atoms with van der Waals surface area (Å²) in [5.74, 6) is -0.335. The van der Waals surface area contributed by atoms with Crippen LogP contribution in [0.3, 0.4) is 0 Å². The molecule has 7 heteroatoms. The minimum Gasteiger partial charge on any atom is -0.466 e. The first-order chi connectivity index (χ1) is 12.6. The standard InChI is InChI=1S/C19H28ClNO5/c1-2-26-19(24)10-11-21(12-14-25-15-13-22)18(23)5-3-4-16-6-8-17(20)9-7-16/h6-9,22H,2-5,10-15H2,1H3. The molecule has 0 atom stereocenters. The zero-order valence-electron chi connectivity index (χ0n) is 15.3. The number of amides is 1. The molecule has 0 saturated heterocycles. The molecule has 0 aliphatic carbocycles. The van der Waals surface area contributed by atoms with Gasteiger partial charge in [0.25, 0.3) is 0 Å². The van der Waals surface area contributed by atoms with Crippen LogP contribution in [-0.2, 0) is 25.5 Å². The fourth-order valence-corrected chi connectivity index (χ4v) is 2.54. The van der Waals surface area contributed by atoms with Crippen LogP contribution >= 0.6 is 11.6 Å². The normalized spacial score (nSPS) is 10.6. The maximum atomic E-state index is 12.5. The molecule has 1 N–H and O–H groups in total. The summed E-state index contributed by atoms with van der Waals surface area (Å²) in [5, 5.41) is 9.43. The quantitative estimate of drug-likeness (QED) is 0.417. The van der Waals surface area contributed by atoms with E-state index in [1.807, 2.05) is 24.3 Å². The number of benzene rings is 1. The average molecular weight is 386 g/mol. The second-order valence-electron chi connectivity index (χ2n) is 5.75. The van der Waals surface area contributed by atoms with Crippen molar-refractivity contribution in [1.82, 2.24) is 4.90 Å². The van der Waals surface area contributed by atoms with Crippen molar-refractivity contribution in [2.45, 2.75) is 32.6 Å². The van der Waals surface area contributed by atoms with E-state index in [-0.39, 0.29) is 31.5 Å². The van der Waals surface area contributed by atoms with Gasteiger partial charge in [-0.1, -0.05) is 23.7 Å². The molecule has 26 heavy (non-hydrogen) atoms. The van der Waals surface area contributed by atoms with Gasteiger partial charge in [0.1, 0.15) is 0 Å². The van der Waals surface area contributed by atoms with E-state index in [2.05, 4.69) is 0 Å². The van der Waals surface area contributed by atoms with Crippen molar-refractivity contribution in [2.24, 2.45) is 0 Å². The van der Waals surface area contributed by atoms with Gasteiger partial charge < -0.3 is 19.5 Å². The molecule has 0 radical (unpaired) electrons. The SMILES string of the molecule is CCOC(=O)CCN(CCOCCO)C(=O)CCCc1ccc(Cl)cc1. The van der Waals surface area contributed by atoms with Crippen molar-refractivity contribution >= 4 is 23.5 Å². The Labute approximate surface area is 160 Å². The molecule has 0 heterocycles. The van der Waals surface area contributed by atoms with Crippen molar-refractivity contribution in [3.05, 3.63) is 34.9 Å². The Kier molecular flexibility index (Phi) is 11.7. The van der Waals surface area contributed by atoms with Gasteiger partial charge in [-0.25, -0.2) is 0 Å². The summed E-state index contributed by atoms with van der Waals surface area (Å²) in [6.07, 6.45) is 2.06. The number of ether oxygens (including phenoxy) is 2. The Hall–Kier alpha value is -1.63. The largest absolute Gasteiger partial charge is 0.466 e. The van der Waals surface area contributed by atoms with Gasteiger partial charge in [-0.15, -0.1) is 0 Å². The van der Waals surface area contributed by atoms with E-state index >= 15 is 0 Å². The van der Waals surface area contributed by atoms with Crippen molar-refractivity contribution < 1.29 is 24.2 Å². The highest BCUT2D eigenvalue weighted by Crippen LogP contribution is 2.12. The van der Waals surface area contributed by atoms with Gasteiger partial charge in [0, 0.05) is 24.5 Å². The molecule has 0 saturated carbocycles. The summed E-state index contributed by atoms with van der Waals surface area (Å²) >= 11 is 5.87. The maximum absolute atomic E-state index is 12.5. The minimum absolute atomic E-state index is 0.0177. The average Bonchev–Trinajstić information content (AvgIpc) is 2.63. The highest BCUT2D eigenvalue weighted by Gasteiger charge is 2.15. The molecule has 0 bridgehead atoms. The van der Waals surface area contributed by atoms with Crippen molar-refractivity contribution in [3.8, 4) is 0 Å². The fraction of sp³-hybridized carbons (Fsp3) is 0.579. The third-order valence-electron chi connectivity index (χ3n) is 3.75. The second-order valence-corrected chi connectivity index (χ2v) is 6.19. The predicted octanol–water partition coefficient (Wildman–Crippen LogP) is 2.45. The van der Waals surface area contributed by atoms with Crippen LogP contribution in [0.4, 0.5) is 0 Å². The van der Waals surface area contributed by atoms with Crippen molar-refractivity contribution in [1.29, 1.82) is 0 Å². The Balaban J connectivity index is 2.44. The topological polar surface area (TPSA) is 76.1 Å². The number of carbonyl (C=O) groups is 2. The molecule has 0 unspecified atom stereocenters. The fourth-order valence-electron chi connectivity index (χ4n) is 2.41. The summed E-state index contributed by atoms with van der Waals surface area (Å²) in [4.78, 5) is 25.6. The summed E-state index contributed by atoms with van der Waals surface area (Å²) in [5.41, 5.74) is 1.13. The maximum Gasteiger partial charge on any atom is 0.307 e. The molecular weight excluding hydrogens is 358 g/mol. The van der Waals surface area contributed by atoms with Crippen LogP contribution in [0.2, 0.25) is 5.02 Å². The summed E-state index contributed by atoms with van der Waals surface area (Å²) in [7, 11) is 0. The number of aryl methyl sites for hydroxylation is 1. The molecular formula is C19H28ClNO5. The molecule has 6 nitrogen and oxygen atoms in total. The third kappa shape index (κ3) is 9.75. The van der Waals surface area contributed by atoms with Crippen LogP contribution in [0.1, 0.15) is 31.7 Å². The van der Waals surface area contributed by atoms with E-state index in [1.165, 1.54) is 0 Å². The number of rotatable bonds is 13. The lowest BCUT2D eigenvalue weighted by Crippen LogP contribution is -2.36. The van der Waals surface area contributed by atoms with Gasteiger partial charge in [-0.05, 0) is 37.5 Å². The van der Waals surface area contributed by atoms with Gasteiger partial charge in [-0.3, -0.25) is 9.59 Å². The van der Waals surface area contributed by atoms with Crippen LogP contribution in [-0.4, -0.2) is 61.4 Å². The van der Waals surface area contributed by atoms with Gasteiger partial charge >= 0.3 is 5.97 Å². The van der Waals surface area contributed by atoms with Crippen molar-refractivity contribution in [3.63, 3.8) is 0 Å². The molecule has 1 rings (SSSR count). The Morgan fingerprint density at radius 3 is 2.50 bits per heavy atom. The summed E-state index contributed by atoms with van der Waals surface area (Å²) in [6, 6.07) is 7.58. The summed E-state index contributed by atoms with van der Waals surface area (Å²) in [6.45, 7) is 3.27. The Morgan fingerprint density at radius 1 is 1.12 bits per heavy atom. The first-order valence-electron chi connectivity index (χ1n) is 8.93. The number of hydrogen-bond donors (Lipinski definition) is 1. The molecule has 1 aromatic carbocycles. The van der Waals surface area contributed by atoms with Crippen LogP contribution in [0.25, 0.3) is 0 Å². The predicted molar refractivity (Wildman–Crippen MR) is 100 cm³/mol. The van der Waals surface area contributed by atoms with Crippen LogP contribution in [0, 0.1) is 0 Å². The summed E-state index contributed by atoms with van der Waals surface area (Å²) < 4.78 is 10.1. The lowest BCUT2D eigenvalue weighted by Gasteiger charge is -2.22. The monoisotopic (exact) mass is 385 g/mol. The number of aliphatic hydroxyl groups is 1. The first-order valence-corrected chi connectivity index (χ1v) is 9.31. The number of hydrogen-bond acceptors (Lipinski definition) is 5. The van der Waals surface area contributed by atoms with E-state index in [9.17, 15) is 9.59 Å². The highest BCUT2D eigenvalue weighted by molar-refractivity contribution is 6.30. The van der Waals surface area contributed by atoms with Crippen molar-refractivity contribution in [2.75, 3.05) is 39.5 Å². The molecule has 0 aliphatic rings. The van der Waals surface area contributed by atoms with E-state index in [1.54, 1.807) is 11.8 Å². The second kappa shape index (κ2) is 13.6. The molecule has 146 valence electrons. The Bertz CT molecular complexity index is 535. The van der Waals surface area contributed by atoms with Gasteiger partial charge in [0.2, 0.25) is 5.91 Å². The molecule has 1 amide bonds. The van der Waals surface area contributed by atoms with Crippen LogP contribution in [0.5, 0.6) is 0 Å². The molecule has 0 aliphatic heterocycles. The number of aliphatic hydroxyl groups excluding tert-OH is 1. The number of halogens is 1. The third-order valence-corrected chi connectivity index (χ3v) is 4.01. The van der Waals surface area contributed by atoms with Gasteiger partial charge in [0.05, 0.1) is 32.8 Å². The highest BCUT2D eigenvalue weighted by atomic mass is 35.5. The van der Waals surface area contributed by atoms with Gasteiger partial charge in [-0.2, -0.15) is 0 Å². The van der Waals surface area contributed by atoms with Crippen LogP contribution in [0.15, 0.2) is 24.3 Å². The molecule has 0 aromatic heterocycles. The molecule has 0 spiro atoms. The zero-order valence-corrected chi connectivity index (χ0v) is 16.0.